The summed E-state index contributed by atoms with van der Waals surface area (Å²) in [7, 11) is 2.19. The first-order valence-corrected chi connectivity index (χ1v) is 7.78. The van der Waals surface area contributed by atoms with Gasteiger partial charge in [-0.05, 0) is 50.3 Å². The second-order valence-corrected chi connectivity index (χ2v) is 6.52. The van der Waals surface area contributed by atoms with Crippen LogP contribution in [0.15, 0.2) is 18.2 Å². The van der Waals surface area contributed by atoms with Crippen molar-refractivity contribution < 1.29 is 4.74 Å². The quantitative estimate of drug-likeness (QED) is 0.917. The highest BCUT2D eigenvalue weighted by atomic mass is 16.5. The minimum Gasteiger partial charge on any atom is -0.377 e. The van der Waals surface area contributed by atoms with Crippen LogP contribution in [-0.2, 0) is 17.7 Å². The smallest absolute Gasteiger partial charge is 0.0726 e. The number of nitrogens with zero attached hydrogens (tertiary/aromatic N) is 1. The first kappa shape index (κ1) is 13.9. The molecule has 3 rings (SSSR count). The van der Waals surface area contributed by atoms with Gasteiger partial charge in [0.1, 0.15) is 0 Å². The van der Waals surface area contributed by atoms with Gasteiger partial charge in [-0.1, -0.05) is 12.1 Å². The lowest BCUT2D eigenvalue weighted by molar-refractivity contribution is 0.0881. The van der Waals surface area contributed by atoms with Crippen molar-refractivity contribution in [2.75, 3.05) is 25.1 Å². The van der Waals surface area contributed by atoms with Crippen molar-refractivity contribution in [1.82, 2.24) is 5.32 Å². The molecule has 1 aromatic rings. The summed E-state index contributed by atoms with van der Waals surface area (Å²) in [4.78, 5) is 2.37. The molecule has 0 radical (unpaired) electrons. The van der Waals surface area contributed by atoms with E-state index in [0.29, 0.717) is 6.10 Å². The van der Waals surface area contributed by atoms with Crippen LogP contribution in [0, 0.1) is 0 Å². The van der Waals surface area contributed by atoms with Crippen LogP contribution in [0.25, 0.3) is 0 Å². The molecular weight excluding hydrogens is 248 g/mol. The Kier molecular flexibility index (Phi) is 3.74. The molecule has 1 fully saturated rings. The predicted molar refractivity (Wildman–Crippen MR) is 83.3 cm³/mol. The number of fused-ring (bicyclic) bond motifs is 1. The van der Waals surface area contributed by atoms with Crippen LogP contribution in [0.4, 0.5) is 5.69 Å². The van der Waals surface area contributed by atoms with Gasteiger partial charge in [0.25, 0.3) is 0 Å². The highest BCUT2D eigenvalue weighted by Gasteiger charge is 2.36. The molecule has 0 spiro atoms. The van der Waals surface area contributed by atoms with Gasteiger partial charge in [0, 0.05) is 38.0 Å². The van der Waals surface area contributed by atoms with Crippen LogP contribution in [-0.4, -0.2) is 31.8 Å². The Morgan fingerprint density at radius 3 is 3.05 bits per heavy atom. The zero-order chi connectivity index (χ0) is 14.2. The fourth-order valence-corrected chi connectivity index (χ4v) is 3.32. The number of ether oxygens (including phenoxy) is 1. The Hall–Kier alpha value is -1.06. The maximum Gasteiger partial charge on any atom is 0.0726 e. The van der Waals surface area contributed by atoms with Gasteiger partial charge in [-0.25, -0.2) is 0 Å². The lowest BCUT2D eigenvalue weighted by Crippen LogP contribution is -2.47. The summed E-state index contributed by atoms with van der Waals surface area (Å²) in [5, 5.41) is 3.70. The largest absolute Gasteiger partial charge is 0.377 e. The van der Waals surface area contributed by atoms with E-state index in [1.807, 2.05) is 0 Å². The normalized spacial score (nSPS) is 29.6. The summed E-state index contributed by atoms with van der Waals surface area (Å²) >= 11 is 0. The summed E-state index contributed by atoms with van der Waals surface area (Å²) < 4.78 is 5.69. The summed E-state index contributed by atoms with van der Waals surface area (Å²) in [6.07, 6.45) is 3.88. The van der Waals surface area contributed by atoms with Crippen LogP contribution in [0.3, 0.4) is 0 Å². The predicted octanol–water partition coefficient (Wildman–Crippen LogP) is 2.73. The summed E-state index contributed by atoms with van der Waals surface area (Å²) in [6.45, 7) is 7.43. The SMILES string of the molecule is CC1OCCC1(C)NCc1ccc2c(c1)CCCN2C. The molecule has 3 heteroatoms. The molecule has 0 amide bonds. The van der Waals surface area contributed by atoms with Gasteiger partial charge in [0.05, 0.1) is 6.10 Å². The van der Waals surface area contributed by atoms with Crippen molar-refractivity contribution in [3.05, 3.63) is 29.3 Å². The van der Waals surface area contributed by atoms with Gasteiger partial charge in [-0.15, -0.1) is 0 Å². The van der Waals surface area contributed by atoms with Crippen LogP contribution < -0.4 is 10.2 Å². The molecule has 0 bridgehead atoms. The Morgan fingerprint density at radius 2 is 2.30 bits per heavy atom. The molecule has 110 valence electrons. The molecule has 0 aliphatic carbocycles. The lowest BCUT2D eigenvalue weighted by Gasteiger charge is -2.30. The maximum absolute atomic E-state index is 5.69. The molecule has 20 heavy (non-hydrogen) atoms. The number of aryl methyl sites for hydroxylation is 1. The first-order chi connectivity index (χ1) is 9.58. The maximum atomic E-state index is 5.69. The van der Waals surface area contributed by atoms with E-state index in [1.54, 1.807) is 0 Å². The molecule has 1 N–H and O–H groups in total. The Morgan fingerprint density at radius 1 is 1.45 bits per heavy atom. The van der Waals surface area contributed by atoms with Gasteiger partial charge in [-0.3, -0.25) is 0 Å². The second kappa shape index (κ2) is 5.38. The Labute approximate surface area is 122 Å². The van der Waals surface area contributed by atoms with Gasteiger partial charge in [0.15, 0.2) is 0 Å². The zero-order valence-electron chi connectivity index (χ0n) is 12.9. The van der Waals surface area contributed by atoms with E-state index in [2.05, 4.69) is 49.3 Å². The lowest BCUT2D eigenvalue weighted by atomic mass is 9.94. The monoisotopic (exact) mass is 274 g/mol. The van der Waals surface area contributed by atoms with Crippen molar-refractivity contribution in [1.29, 1.82) is 0 Å². The summed E-state index contributed by atoms with van der Waals surface area (Å²) in [5.41, 5.74) is 4.41. The molecular formula is C17H26N2O. The van der Waals surface area contributed by atoms with Crippen molar-refractivity contribution in [3.63, 3.8) is 0 Å². The van der Waals surface area contributed by atoms with Crippen molar-refractivity contribution in [3.8, 4) is 0 Å². The molecule has 2 atom stereocenters. The molecule has 3 nitrogen and oxygen atoms in total. The molecule has 1 saturated heterocycles. The Bertz CT molecular complexity index is 488. The highest BCUT2D eigenvalue weighted by molar-refractivity contribution is 5.56. The number of benzene rings is 1. The fourth-order valence-electron chi connectivity index (χ4n) is 3.32. The van der Waals surface area contributed by atoms with Crippen LogP contribution in [0.1, 0.15) is 37.8 Å². The minimum absolute atomic E-state index is 0.118. The third kappa shape index (κ3) is 2.57. The summed E-state index contributed by atoms with van der Waals surface area (Å²) in [6, 6.07) is 6.92. The van der Waals surface area contributed by atoms with E-state index in [-0.39, 0.29) is 5.54 Å². The molecule has 2 unspecified atom stereocenters. The van der Waals surface area contributed by atoms with Gasteiger partial charge in [-0.2, -0.15) is 0 Å². The van der Waals surface area contributed by atoms with E-state index < -0.39 is 0 Å². The van der Waals surface area contributed by atoms with Crippen LogP contribution >= 0.6 is 0 Å². The second-order valence-electron chi connectivity index (χ2n) is 6.52. The molecule has 2 aliphatic rings. The topological polar surface area (TPSA) is 24.5 Å². The number of anilines is 1. The third-order valence-electron chi connectivity index (χ3n) is 5.08. The van der Waals surface area contributed by atoms with Crippen LogP contribution in [0.2, 0.25) is 0 Å². The Balaban J connectivity index is 1.69. The average molecular weight is 274 g/mol. The van der Waals surface area contributed by atoms with E-state index in [9.17, 15) is 0 Å². The number of rotatable bonds is 3. The number of hydrogen-bond acceptors (Lipinski definition) is 3. The molecule has 0 saturated carbocycles. The van der Waals surface area contributed by atoms with Crippen LogP contribution in [0.5, 0.6) is 0 Å². The molecule has 0 aromatic heterocycles. The van der Waals surface area contributed by atoms with Gasteiger partial charge in [0.2, 0.25) is 0 Å². The van der Waals surface area contributed by atoms with E-state index in [1.165, 1.54) is 36.2 Å². The van der Waals surface area contributed by atoms with Crippen molar-refractivity contribution >= 4 is 5.69 Å². The molecule has 1 aromatic carbocycles. The number of hydrogen-bond donors (Lipinski definition) is 1. The molecule has 2 aliphatic heterocycles. The van der Waals surface area contributed by atoms with Gasteiger partial charge < -0.3 is 15.0 Å². The zero-order valence-corrected chi connectivity index (χ0v) is 12.9. The first-order valence-electron chi connectivity index (χ1n) is 7.78. The van der Waals surface area contributed by atoms with Crippen molar-refractivity contribution in [2.45, 2.75) is 51.3 Å². The van der Waals surface area contributed by atoms with E-state index >= 15 is 0 Å². The van der Waals surface area contributed by atoms with E-state index in [0.717, 1.165) is 19.6 Å². The minimum atomic E-state index is 0.118. The highest BCUT2D eigenvalue weighted by Crippen LogP contribution is 2.28. The average Bonchev–Trinajstić information content (AvgIpc) is 2.77. The molecule has 2 heterocycles. The number of nitrogens with one attached hydrogen (secondary N) is 1. The van der Waals surface area contributed by atoms with Gasteiger partial charge >= 0.3 is 0 Å². The third-order valence-corrected chi connectivity index (χ3v) is 5.08. The standard InChI is InChI=1S/C17H26N2O/c1-13-17(2,8-10-20-13)18-12-14-6-7-16-15(11-14)5-4-9-19(16)3/h6-7,11,13,18H,4-5,8-10,12H2,1-3H3. The fraction of sp³-hybridized carbons (Fsp3) is 0.647. The van der Waals surface area contributed by atoms with Crippen molar-refractivity contribution in [2.24, 2.45) is 0 Å². The summed E-state index contributed by atoms with van der Waals surface area (Å²) in [5.74, 6) is 0. The van der Waals surface area contributed by atoms with E-state index in [4.69, 9.17) is 4.74 Å².